The molecule has 0 bridgehead atoms. The van der Waals surface area contributed by atoms with Crippen molar-refractivity contribution in [2.45, 2.75) is 19.9 Å². The summed E-state index contributed by atoms with van der Waals surface area (Å²) in [5, 5.41) is 0. The molecule has 2 amide bonds. The summed E-state index contributed by atoms with van der Waals surface area (Å²) in [5.41, 5.74) is 1.90. The molecule has 0 N–H and O–H groups in total. The summed E-state index contributed by atoms with van der Waals surface area (Å²) in [6.45, 7) is 3.45. The first kappa shape index (κ1) is 14.1. The average Bonchev–Trinajstić information content (AvgIpc) is 2.48. The highest BCUT2D eigenvalue weighted by molar-refractivity contribution is 9.10. The lowest BCUT2D eigenvalue weighted by atomic mass is 10.1. The molecule has 21 heavy (non-hydrogen) atoms. The predicted octanol–water partition coefficient (Wildman–Crippen LogP) is 4.33. The van der Waals surface area contributed by atoms with Crippen molar-refractivity contribution in [1.29, 1.82) is 0 Å². The lowest BCUT2D eigenvalue weighted by Crippen LogP contribution is -2.45. The zero-order valence-corrected chi connectivity index (χ0v) is 13.4. The van der Waals surface area contributed by atoms with E-state index >= 15 is 0 Å². The van der Waals surface area contributed by atoms with Gasteiger partial charge in [-0.25, -0.2) is 14.7 Å². The van der Waals surface area contributed by atoms with E-state index in [0.29, 0.717) is 6.54 Å². The van der Waals surface area contributed by atoms with Gasteiger partial charge in [0.05, 0.1) is 12.2 Å². The summed E-state index contributed by atoms with van der Waals surface area (Å²) in [6, 6.07) is 11.7. The van der Waals surface area contributed by atoms with Crippen LogP contribution in [-0.2, 0) is 6.54 Å². The summed E-state index contributed by atoms with van der Waals surface area (Å²) in [4.78, 5) is 20.8. The maximum atomic E-state index is 12.8. The minimum absolute atomic E-state index is 0.0128. The monoisotopic (exact) mass is 345 g/mol. The molecule has 1 aliphatic heterocycles. The second-order valence-electron chi connectivity index (χ2n) is 5.01. The quantitative estimate of drug-likeness (QED) is 0.830. The van der Waals surface area contributed by atoms with Crippen molar-refractivity contribution in [3.63, 3.8) is 0 Å². The Hall–Kier alpha value is -1.88. The number of fused-ring (bicyclic) bond motifs is 1. The molecule has 1 aliphatic rings. The first-order chi connectivity index (χ1) is 10.2. The summed E-state index contributed by atoms with van der Waals surface area (Å²) in [5.74, 6) is 0.730. The second kappa shape index (κ2) is 5.85. The number of hydrogen-bond donors (Lipinski definition) is 0. The number of carbonyl (C=O) groups is 1. The molecular formula is C16H16BrN3O. The Kier molecular flexibility index (Phi) is 3.92. The van der Waals surface area contributed by atoms with Gasteiger partial charge < -0.3 is 4.90 Å². The molecule has 0 atom stereocenters. The molecule has 0 radical (unpaired) electrons. The van der Waals surface area contributed by atoms with Crippen molar-refractivity contribution in [2.24, 2.45) is 0 Å². The molecule has 0 spiro atoms. The summed E-state index contributed by atoms with van der Waals surface area (Å²) in [6.07, 6.45) is 2.67. The zero-order chi connectivity index (χ0) is 14.8. The Morgan fingerprint density at radius 1 is 1.29 bits per heavy atom. The van der Waals surface area contributed by atoms with Crippen LogP contribution in [0.25, 0.3) is 0 Å². The van der Waals surface area contributed by atoms with Crippen molar-refractivity contribution in [3.8, 4) is 0 Å². The molecule has 1 aromatic carbocycles. The van der Waals surface area contributed by atoms with Crippen LogP contribution < -0.4 is 4.90 Å². The zero-order valence-electron chi connectivity index (χ0n) is 11.8. The lowest BCUT2D eigenvalue weighted by molar-refractivity contribution is 0.201. The number of anilines is 2. The third kappa shape index (κ3) is 2.65. The highest BCUT2D eigenvalue weighted by atomic mass is 79.9. The van der Waals surface area contributed by atoms with Gasteiger partial charge in [-0.05, 0) is 30.7 Å². The van der Waals surface area contributed by atoms with Gasteiger partial charge in [-0.1, -0.05) is 35.0 Å². The summed E-state index contributed by atoms with van der Waals surface area (Å²) >= 11 is 3.46. The van der Waals surface area contributed by atoms with E-state index in [4.69, 9.17) is 0 Å². The minimum atomic E-state index is -0.0128. The van der Waals surface area contributed by atoms with E-state index in [1.54, 1.807) is 11.1 Å². The van der Waals surface area contributed by atoms with Crippen LogP contribution in [0.1, 0.15) is 18.9 Å². The van der Waals surface area contributed by atoms with Crippen LogP contribution in [0.15, 0.2) is 47.1 Å². The smallest absolute Gasteiger partial charge is 0.320 e. The number of urea groups is 1. The third-order valence-corrected chi connectivity index (χ3v) is 3.96. The van der Waals surface area contributed by atoms with Gasteiger partial charge in [0.15, 0.2) is 0 Å². The second-order valence-corrected chi connectivity index (χ2v) is 5.92. The Labute approximate surface area is 132 Å². The van der Waals surface area contributed by atoms with Crippen LogP contribution in [0.5, 0.6) is 0 Å². The van der Waals surface area contributed by atoms with Crippen LogP contribution in [0.2, 0.25) is 0 Å². The SMILES string of the molecule is CCCN1Cc2cccnc2N(c2cccc(Br)c2)C1=O. The molecule has 0 saturated heterocycles. The molecule has 1 aromatic heterocycles. The Morgan fingerprint density at radius 2 is 2.14 bits per heavy atom. The largest absolute Gasteiger partial charge is 0.330 e. The van der Waals surface area contributed by atoms with Gasteiger partial charge >= 0.3 is 6.03 Å². The third-order valence-electron chi connectivity index (χ3n) is 3.46. The number of pyridine rings is 1. The van der Waals surface area contributed by atoms with Gasteiger partial charge in [0, 0.05) is 22.8 Å². The van der Waals surface area contributed by atoms with Gasteiger partial charge in [-0.15, -0.1) is 0 Å². The predicted molar refractivity (Wildman–Crippen MR) is 86.6 cm³/mol. The van der Waals surface area contributed by atoms with E-state index in [1.807, 2.05) is 41.3 Å². The minimum Gasteiger partial charge on any atom is -0.320 e. The highest BCUT2D eigenvalue weighted by Crippen LogP contribution is 2.34. The number of rotatable bonds is 3. The normalized spacial score (nSPS) is 14.3. The topological polar surface area (TPSA) is 36.4 Å². The number of aromatic nitrogens is 1. The van der Waals surface area contributed by atoms with Gasteiger partial charge in [0.1, 0.15) is 5.82 Å². The van der Waals surface area contributed by atoms with Crippen LogP contribution >= 0.6 is 15.9 Å². The van der Waals surface area contributed by atoms with Crippen LogP contribution in [0.4, 0.5) is 16.3 Å². The molecule has 0 unspecified atom stereocenters. The van der Waals surface area contributed by atoms with Crippen molar-refractivity contribution in [2.75, 3.05) is 11.4 Å². The standard InChI is InChI=1S/C16H16BrN3O/c1-2-9-19-11-12-5-4-8-18-15(12)20(16(19)21)14-7-3-6-13(17)10-14/h3-8,10H,2,9,11H2,1H3. The first-order valence-corrected chi connectivity index (χ1v) is 7.78. The Balaban J connectivity index is 2.10. The summed E-state index contributed by atoms with van der Waals surface area (Å²) in [7, 11) is 0. The molecule has 0 saturated carbocycles. The molecular weight excluding hydrogens is 330 g/mol. The molecule has 5 heteroatoms. The van der Waals surface area contributed by atoms with E-state index in [0.717, 1.165) is 34.5 Å². The molecule has 3 rings (SSSR count). The van der Waals surface area contributed by atoms with Crippen molar-refractivity contribution in [3.05, 3.63) is 52.6 Å². The van der Waals surface area contributed by atoms with Gasteiger partial charge in [0.25, 0.3) is 0 Å². The molecule has 0 fully saturated rings. The van der Waals surface area contributed by atoms with Gasteiger partial charge in [-0.2, -0.15) is 0 Å². The van der Waals surface area contributed by atoms with E-state index in [-0.39, 0.29) is 6.03 Å². The first-order valence-electron chi connectivity index (χ1n) is 6.99. The number of amides is 2. The maximum Gasteiger partial charge on any atom is 0.330 e. The molecule has 2 aromatic rings. The number of hydrogen-bond acceptors (Lipinski definition) is 2. The summed E-state index contributed by atoms with van der Waals surface area (Å²) < 4.78 is 0.942. The average molecular weight is 346 g/mol. The Bertz CT molecular complexity index is 674. The maximum absolute atomic E-state index is 12.8. The van der Waals surface area contributed by atoms with Gasteiger partial charge in [-0.3, -0.25) is 0 Å². The molecule has 108 valence electrons. The molecule has 4 nitrogen and oxygen atoms in total. The van der Waals surface area contributed by atoms with Crippen molar-refractivity contribution >= 4 is 33.5 Å². The van der Waals surface area contributed by atoms with E-state index in [2.05, 4.69) is 27.8 Å². The fourth-order valence-electron chi connectivity index (χ4n) is 2.55. The van der Waals surface area contributed by atoms with Crippen LogP contribution in [-0.4, -0.2) is 22.5 Å². The van der Waals surface area contributed by atoms with Crippen LogP contribution in [0.3, 0.4) is 0 Å². The molecule has 0 aliphatic carbocycles. The fourth-order valence-corrected chi connectivity index (χ4v) is 2.94. The van der Waals surface area contributed by atoms with Crippen molar-refractivity contribution in [1.82, 2.24) is 9.88 Å². The fraction of sp³-hybridized carbons (Fsp3) is 0.250. The number of carbonyl (C=O) groups excluding carboxylic acids is 1. The Morgan fingerprint density at radius 3 is 2.90 bits per heavy atom. The van der Waals surface area contributed by atoms with Crippen LogP contribution in [0, 0.1) is 0 Å². The van der Waals surface area contributed by atoms with Crippen molar-refractivity contribution < 1.29 is 4.79 Å². The van der Waals surface area contributed by atoms with Gasteiger partial charge in [0.2, 0.25) is 0 Å². The molecule has 2 heterocycles. The number of benzene rings is 1. The van der Waals surface area contributed by atoms with E-state index in [1.165, 1.54) is 0 Å². The van der Waals surface area contributed by atoms with E-state index < -0.39 is 0 Å². The van der Waals surface area contributed by atoms with E-state index in [9.17, 15) is 4.79 Å². The lowest BCUT2D eigenvalue weighted by Gasteiger charge is -2.36. The highest BCUT2D eigenvalue weighted by Gasteiger charge is 2.31. The number of nitrogens with zero attached hydrogens (tertiary/aromatic N) is 3. The number of halogens is 1.